The second-order valence-corrected chi connectivity index (χ2v) is 6.70. The monoisotopic (exact) mass is 365 g/mol. The first-order valence-electron chi connectivity index (χ1n) is 8.70. The Hall–Kier alpha value is -3.22. The lowest BCUT2D eigenvalue weighted by molar-refractivity contribution is 0.130. The highest BCUT2D eigenvalue weighted by Gasteiger charge is 2.13. The minimum atomic E-state index is -0.309. The molecule has 0 aliphatic heterocycles. The maximum atomic E-state index is 12.2. The van der Waals surface area contributed by atoms with Crippen LogP contribution < -0.4 is 5.69 Å². The molecule has 3 aromatic rings. The summed E-state index contributed by atoms with van der Waals surface area (Å²) in [4.78, 5) is 17.8. The first kappa shape index (κ1) is 18.6. The lowest BCUT2D eigenvalue weighted by Gasteiger charge is -2.11. The number of hydrogen-bond donors (Lipinski definition) is 0. The normalized spacial score (nSPS) is 11.7. The zero-order valence-corrected chi connectivity index (χ0v) is 16.2. The van der Waals surface area contributed by atoms with Gasteiger partial charge in [-0.3, -0.25) is 0 Å². The van der Waals surface area contributed by atoms with E-state index < -0.39 is 0 Å². The van der Waals surface area contributed by atoms with Gasteiger partial charge in [0, 0.05) is 12.6 Å². The Morgan fingerprint density at radius 2 is 1.81 bits per heavy atom. The van der Waals surface area contributed by atoms with Crippen molar-refractivity contribution < 1.29 is 4.84 Å². The van der Waals surface area contributed by atoms with Crippen molar-refractivity contribution in [2.75, 3.05) is 0 Å². The number of nitrogens with zero attached hydrogens (tertiary/aromatic N) is 5. The average molecular weight is 365 g/mol. The van der Waals surface area contributed by atoms with Crippen molar-refractivity contribution in [2.45, 2.75) is 34.3 Å². The van der Waals surface area contributed by atoms with E-state index in [-0.39, 0.29) is 12.3 Å². The molecule has 0 spiro atoms. The van der Waals surface area contributed by atoms with Gasteiger partial charge >= 0.3 is 5.69 Å². The average Bonchev–Trinajstić information content (AvgIpc) is 2.94. The van der Waals surface area contributed by atoms with E-state index in [0.717, 1.165) is 22.4 Å². The summed E-state index contributed by atoms with van der Waals surface area (Å²) in [5.74, 6) is 0. The minimum absolute atomic E-state index is 0.229. The highest BCUT2D eigenvalue weighted by atomic mass is 16.6. The van der Waals surface area contributed by atoms with Crippen molar-refractivity contribution in [3.8, 4) is 5.69 Å². The molecule has 0 aliphatic carbocycles. The van der Waals surface area contributed by atoms with Gasteiger partial charge in [0.05, 0.1) is 11.4 Å². The molecule has 0 saturated heterocycles. The first-order valence-corrected chi connectivity index (χ1v) is 8.70. The van der Waals surface area contributed by atoms with Crippen molar-refractivity contribution in [1.82, 2.24) is 19.8 Å². The van der Waals surface area contributed by atoms with Gasteiger partial charge in [0.25, 0.3) is 0 Å². The molecule has 7 nitrogen and oxygen atoms in total. The Kier molecular flexibility index (Phi) is 5.21. The number of oxime groups is 1. The van der Waals surface area contributed by atoms with E-state index >= 15 is 0 Å². The van der Waals surface area contributed by atoms with Crippen LogP contribution in [0.25, 0.3) is 5.69 Å². The predicted octanol–water partition coefficient (Wildman–Crippen LogP) is 2.83. The summed E-state index contributed by atoms with van der Waals surface area (Å²) in [7, 11) is 1.56. The second-order valence-electron chi connectivity index (χ2n) is 6.70. The Labute approximate surface area is 157 Å². The van der Waals surface area contributed by atoms with E-state index in [1.165, 1.54) is 20.5 Å². The fourth-order valence-corrected chi connectivity index (χ4v) is 2.97. The largest absolute Gasteiger partial charge is 0.391 e. The Bertz CT molecular complexity index is 1040. The number of benzene rings is 2. The van der Waals surface area contributed by atoms with Gasteiger partial charge in [-0.2, -0.15) is 9.36 Å². The summed E-state index contributed by atoms with van der Waals surface area (Å²) in [6, 6.07) is 11.9. The molecule has 0 bridgehead atoms. The van der Waals surface area contributed by atoms with Gasteiger partial charge in [0.2, 0.25) is 0 Å². The van der Waals surface area contributed by atoms with E-state index in [0.29, 0.717) is 5.69 Å². The summed E-state index contributed by atoms with van der Waals surface area (Å²) in [5, 5.41) is 12.0. The van der Waals surface area contributed by atoms with Gasteiger partial charge < -0.3 is 4.84 Å². The molecule has 0 amide bonds. The number of aromatic nitrogens is 4. The van der Waals surface area contributed by atoms with Crippen molar-refractivity contribution in [3.05, 3.63) is 74.7 Å². The van der Waals surface area contributed by atoms with Crippen LogP contribution in [0, 0.1) is 20.8 Å². The van der Waals surface area contributed by atoms with E-state index in [1.54, 1.807) is 7.05 Å². The van der Waals surface area contributed by atoms with Crippen molar-refractivity contribution >= 4 is 5.71 Å². The van der Waals surface area contributed by atoms with E-state index in [2.05, 4.69) is 47.6 Å². The quantitative estimate of drug-likeness (QED) is 0.515. The maximum absolute atomic E-state index is 12.2. The van der Waals surface area contributed by atoms with E-state index in [4.69, 9.17) is 4.84 Å². The number of tetrazole rings is 1. The van der Waals surface area contributed by atoms with Gasteiger partial charge in [0.15, 0.2) is 0 Å². The molecule has 0 atom stereocenters. The summed E-state index contributed by atoms with van der Waals surface area (Å²) in [6.45, 7) is 8.23. The lowest BCUT2D eigenvalue weighted by Crippen LogP contribution is -2.23. The fraction of sp³-hybridized carbons (Fsp3) is 0.300. The SMILES string of the molecule is CC(=NOCc1c(C)cccc1-n1nnn(C)c1=O)c1cc(C)cc(C)c1. The third-order valence-corrected chi connectivity index (χ3v) is 4.39. The van der Waals surface area contributed by atoms with Gasteiger partial charge in [-0.1, -0.05) is 46.6 Å². The zero-order valence-electron chi connectivity index (χ0n) is 16.2. The molecule has 0 aliphatic rings. The molecule has 27 heavy (non-hydrogen) atoms. The third-order valence-electron chi connectivity index (χ3n) is 4.39. The molecule has 1 aromatic heterocycles. The first-order chi connectivity index (χ1) is 12.9. The van der Waals surface area contributed by atoms with Crippen LogP contribution in [0.4, 0.5) is 0 Å². The summed E-state index contributed by atoms with van der Waals surface area (Å²) in [5.41, 5.74) is 6.37. The lowest BCUT2D eigenvalue weighted by atomic mass is 10.0. The molecule has 1 heterocycles. The van der Waals surface area contributed by atoms with Crippen molar-refractivity contribution in [2.24, 2.45) is 12.2 Å². The van der Waals surface area contributed by atoms with Gasteiger partial charge in [-0.05, 0) is 55.3 Å². The van der Waals surface area contributed by atoms with Crippen LogP contribution in [-0.4, -0.2) is 25.5 Å². The topological polar surface area (TPSA) is 74.3 Å². The molecular formula is C20H23N5O2. The van der Waals surface area contributed by atoms with Crippen molar-refractivity contribution in [3.63, 3.8) is 0 Å². The maximum Gasteiger partial charge on any atom is 0.368 e. The molecule has 0 N–H and O–H groups in total. The van der Waals surface area contributed by atoms with Crippen LogP contribution in [0.15, 0.2) is 46.3 Å². The molecule has 0 saturated carbocycles. The smallest absolute Gasteiger partial charge is 0.368 e. The number of aryl methyl sites for hydroxylation is 4. The molecule has 7 heteroatoms. The Morgan fingerprint density at radius 1 is 1.11 bits per heavy atom. The van der Waals surface area contributed by atoms with Gasteiger partial charge in [-0.15, -0.1) is 0 Å². The molecule has 0 radical (unpaired) electrons. The third kappa shape index (κ3) is 3.97. The standard InChI is InChI=1S/C20H23N5O2/c1-13-9-14(2)11-17(10-13)16(4)21-27-12-18-15(3)7-6-8-19(18)25-20(26)24(5)22-23-25/h6-11H,12H2,1-5H3. The highest BCUT2D eigenvalue weighted by molar-refractivity contribution is 5.98. The van der Waals surface area contributed by atoms with Gasteiger partial charge in [0.1, 0.15) is 6.61 Å². The number of rotatable bonds is 5. The molecule has 140 valence electrons. The Morgan fingerprint density at radius 3 is 2.44 bits per heavy atom. The predicted molar refractivity (Wildman–Crippen MR) is 104 cm³/mol. The van der Waals surface area contributed by atoms with Crippen LogP contribution in [0.5, 0.6) is 0 Å². The van der Waals surface area contributed by atoms with Crippen LogP contribution in [0.1, 0.15) is 34.7 Å². The highest BCUT2D eigenvalue weighted by Crippen LogP contribution is 2.18. The van der Waals surface area contributed by atoms with Crippen LogP contribution in [-0.2, 0) is 18.5 Å². The second kappa shape index (κ2) is 7.57. The van der Waals surface area contributed by atoms with E-state index in [1.807, 2.05) is 32.0 Å². The zero-order chi connectivity index (χ0) is 19.6. The van der Waals surface area contributed by atoms with Gasteiger partial charge in [-0.25, -0.2) is 4.79 Å². The molecule has 0 unspecified atom stereocenters. The molecular weight excluding hydrogens is 342 g/mol. The fourth-order valence-electron chi connectivity index (χ4n) is 2.97. The molecule has 2 aromatic carbocycles. The van der Waals surface area contributed by atoms with Crippen LogP contribution in [0.3, 0.4) is 0 Å². The minimum Gasteiger partial charge on any atom is -0.391 e. The Balaban J connectivity index is 1.86. The van der Waals surface area contributed by atoms with Crippen LogP contribution >= 0.6 is 0 Å². The van der Waals surface area contributed by atoms with E-state index in [9.17, 15) is 4.79 Å². The van der Waals surface area contributed by atoms with Crippen LogP contribution in [0.2, 0.25) is 0 Å². The van der Waals surface area contributed by atoms with Crippen molar-refractivity contribution in [1.29, 1.82) is 0 Å². The number of hydrogen-bond acceptors (Lipinski definition) is 5. The summed E-state index contributed by atoms with van der Waals surface area (Å²) < 4.78 is 2.46. The molecule has 0 fully saturated rings. The summed E-state index contributed by atoms with van der Waals surface area (Å²) >= 11 is 0. The summed E-state index contributed by atoms with van der Waals surface area (Å²) in [6.07, 6.45) is 0. The molecule has 3 rings (SSSR count).